The first kappa shape index (κ1) is 19.2. The van der Waals surface area contributed by atoms with Gasteiger partial charge in [0.25, 0.3) is 0 Å². The second-order valence-corrected chi connectivity index (χ2v) is 6.92. The highest BCUT2D eigenvalue weighted by molar-refractivity contribution is 5.67. The predicted octanol–water partition coefficient (Wildman–Crippen LogP) is 0.991. The second kappa shape index (κ2) is 8.28. The Bertz CT molecular complexity index is 586. The van der Waals surface area contributed by atoms with Crippen molar-refractivity contribution in [2.75, 3.05) is 57.5 Å². The molecule has 2 heterocycles. The Hall–Kier alpha value is -2.16. The van der Waals surface area contributed by atoms with E-state index < -0.39 is 0 Å². The van der Waals surface area contributed by atoms with Gasteiger partial charge in [-0.15, -0.1) is 0 Å². The van der Waals surface area contributed by atoms with Gasteiger partial charge in [-0.3, -0.25) is 4.90 Å². The van der Waals surface area contributed by atoms with Crippen LogP contribution in [0, 0.1) is 5.92 Å². The number of piperazine rings is 1. The van der Waals surface area contributed by atoms with Crippen molar-refractivity contribution in [1.29, 1.82) is 0 Å². The summed E-state index contributed by atoms with van der Waals surface area (Å²) in [5, 5.41) is 0. The van der Waals surface area contributed by atoms with Crippen molar-refractivity contribution < 1.29 is 9.53 Å². The molecule has 1 amide bonds. The van der Waals surface area contributed by atoms with Gasteiger partial charge in [-0.1, -0.05) is 13.8 Å². The molecular formula is C16H29N7O2. The molecule has 140 valence electrons. The molecule has 2 N–H and O–H groups in total. The molecule has 0 bridgehead atoms. The number of nitrogens with two attached hydrogens (primary N) is 1. The van der Waals surface area contributed by atoms with Gasteiger partial charge < -0.3 is 20.3 Å². The number of carbonyl (C=O) groups excluding carboxylic acids is 1. The van der Waals surface area contributed by atoms with E-state index in [9.17, 15) is 4.79 Å². The summed E-state index contributed by atoms with van der Waals surface area (Å²) in [4.78, 5) is 30.7. The number of anilines is 2. The van der Waals surface area contributed by atoms with Crippen molar-refractivity contribution >= 4 is 18.0 Å². The SMILES string of the molecule is CC(C)COC(=O)N1CCN(C(C)c2nc(N)nc(N(C)C)n2)CC1. The number of ether oxygens (including phenoxy) is 1. The van der Waals surface area contributed by atoms with Crippen LogP contribution in [0.3, 0.4) is 0 Å². The highest BCUT2D eigenvalue weighted by Crippen LogP contribution is 2.20. The van der Waals surface area contributed by atoms with Gasteiger partial charge in [0.15, 0.2) is 5.82 Å². The van der Waals surface area contributed by atoms with Gasteiger partial charge in [0.05, 0.1) is 12.6 Å². The highest BCUT2D eigenvalue weighted by atomic mass is 16.6. The van der Waals surface area contributed by atoms with Crippen LogP contribution in [0.15, 0.2) is 0 Å². The van der Waals surface area contributed by atoms with Crippen LogP contribution in [0.1, 0.15) is 32.6 Å². The van der Waals surface area contributed by atoms with Crippen molar-refractivity contribution in [1.82, 2.24) is 24.8 Å². The summed E-state index contributed by atoms with van der Waals surface area (Å²) in [6.07, 6.45) is -0.236. The monoisotopic (exact) mass is 351 g/mol. The van der Waals surface area contributed by atoms with Crippen LogP contribution in [0.5, 0.6) is 0 Å². The summed E-state index contributed by atoms with van der Waals surface area (Å²) in [5.41, 5.74) is 5.81. The summed E-state index contributed by atoms with van der Waals surface area (Å²) in [6.45, 7) is 9.27. The first-order valence-corrected chi connectivity index (χ1v) is 8.62. The highest BCUT2D eigenvalue weighted by Gasteiger charge is 2.27. The zero-order valence-corrected chi connectivity index (χ0v) is 15.8. The maximum atomic E-state index is 12.0. The quantitative estimate of drug-likeness (QED) is 0.838. The van der Waals surface area contributed by atoms with E-state index in [4.69, 9.17) is 10.5 Å². The van der Waals surface area contributed by atoms with Crippen LogP contribution in [0.25, 0.3) is 0 Å². The van der Waals surface area contributed by atoms with E-state index >= 15 is 0 Å². The molecule has 0 radical (unpaired) electrons. The standard InChI is InChI=1S/C16H29N7O2/c1-11(2)10-25-16(24)23-8-6-22(7-9-23)12(3)13-18-14(17)20-15(19-13)21(4)5/h11-12H,6-10H2,1-5H3,(H2,17,18,19,20). The minimum absolute atomic E-state index is 0.00201. The molecule has 0 aromatic carbocycles. The molecule has 1 saturated heterocycles. The predicted molar refractivity (Wildman–Crippen MR) is 96.3 cm³/mol. The van der Waals surface area contributed by atoms with E-state index in [1.54, 1.807) is 9.80 Å². The Morgan fingerprint density at radius 3 is 2.36 bits per heavy atom. The molecular weight excluding hydrogens is 322 g/mol. The van der Waals surface area contributed by atoms with Gasteiger partial charge in [0, 0.05) is 40.3 Å². The smallest absolute Gasteiger partial charge is 0.409 e. The molecule has 1 fully saturated rings. The third-order valence-corrected chi connectivity index (χ3v) is 4.09. The molecule has 1 aliphatic rings. The minimum Gasteiger partial charge on any atom is -0.449 e. The molecule has 1 atom stereocenters. The Morgan fingerprint density at radius 2 is 1.80 bits per heavy atom. The van der Waals surface area contributed by atoms with E-state index in [2.05, 4.69) is 19.9 Å². The Kier molecular flexibility index (Phi) is 6.35. The van der Waals surface area contributed by atoms with Gasteiger partial charge in [-0.25, -0.2) is 4.79 Å². The molecule has 1 aromatic heterocycles. The van der Waals surface area contributed by atoms with Crippen LogP contribution in [0.2, 0.25) is 0 Å². The van der Waals surface area contributed by atoms with Gasteiger partial charge in [0.2, 0.25) is 11.9 Å². The fraction of sp³-hybridized carbons (Fsp3) is 0.750. The van der Waals surface area contributed by atoms with Crippen molar-refractivity contribution in [2.24, 2.45) is 5.92 Å². The number of carbonyl (C=O) groups is 1. The molecule has 2 rings (SSSR count). The van der Waals surface area contributed by atoms with Crippen LogP contribution in [-0.4, -0.2) is 77.7 Å². The fourth-order valence-corrected chi connectivity index (χ4v) is 2.57. The summed E-state index contributed by atoms with van der Waals surface area (Å²) in [7, 11) is 3.73. The number of hydrogen-bond acceptors (Lipinski definition) is 8. The minimum atomic E-state index is -0.236. The average Bonchev–Trinajstić information content (AvgIpc) is 2.58. The number of aromatic nitrogens is 3. The van der Waals surface area contributed by atoms with E-state index in [0.717, 1.165) is 13.1 Å². The molecule has 1 unspecified atom stereocenters. The molecule has 1 aromatic rings. The summed E-state index contributed by atoms with van der Waals surface area (Å²) >= 11 is 0. The summed E-state index contributed by atoms with van der Waals surface area (Å²) in [5.74, 6) is 1.75. The third-order valence-electron chi connectivity index (χ3n) is 4.09. The third kappa shape index (κ3) is 5.15. The van der Waals surface area contributed by atoms with Crippen molar-refractivity contribution in [3.8, 4) is 0 Å². The lowest BCUT2D eigenvalue weighted by molar-refractivity contribution is 0.0589. The Balaban J connectivity index is 1.95. The van der Waals surface area contributed by atoms with Gasteiger partial charge in [-0.2, -0.15) is 15.0 Å². The fourth-order valence-electron chi connectivity index (χ4n) is 2.57. The van der Waals surface area contributed by atoms with Crippen LogP contribution >= 0.6 is 0 Å². The van der Waals surface area contributed by atoms with Crippen molar-refractivity contribution in [2.45, 2.75) is 26.8 Å². The number of nitrogen functional groups attached to an aromatic ring is 1. The first-order chi connectivity index (χ1) is 11.8. The lowest BCUT2D eigenvalue weighted by Crippen LogP contribution is -2.49. The summed E-state index contributed by atoms with van der Waals surface area (Å²) < 4.78 is 5.29. The lowest BCUT2D eigenvalue weighted by atomic mass is 10.2. The molecule has 9 nitrogen and oxygen atoms in total. The molecule has 0 spiro atoms. The van der Waals surface area contributed by atoms with E-state index in [-0.39, 0.29) is 18.1 Å². The number of nitrogens with zero attached hydrogens (tertiary/aromatic N) is 6. The maximum absolute atomic E-state index is 12.0. The number of rotatable bonds is 5. The van der Waals surface area contributed by atoms with E-state index in [0.29, 0.717) is 37.4 Å². The topological polar surface area (TPSA) is 101 Å². The maximum Gasteiger partial charge on any atom is 0.409 e. The zero-order valence-electron chi connectivity index (χ0n) is 15.8. The normalized spacial score (nSPS) is 16.8. The van der Waals surface area contributed by atoms with Crippen LogP contribution in [0.4, 0.5) is 16.7 Å². The number of amides is 1. The van der Waals surface area contributed by atoms with Gasteiger partial charge >= 0.3 is 6.09 Å². The largest absolute Gasteiger partial charge is 0.449 e. The Labute approximate surface area is 149 Å². The van der Waals surface area contributed by atoms with Gasteiger partial charge in [0.1, 0.15) is 0 Å². The van der Waals surface area contributed by atoms with E-state index in [1.165, 1.54) is 0 Å². The molecule has 0 aliphatic carbocycles. The molecule has 1 aliphatic heterocycles. The van der Waals surface area contributed by atoms with Gasteiger partial charge in [-0.05, 0) is 12.8 Å². The van der Waals surface area contributed by atoms with Crippen LogP contribution < -0.4 is 10.6 Å². The number of hydrogen-bond donors (Lipinski definition) is 1. The molecule has 0 saturated carbocycles. The second-order valence-electron chi connectivity index (χ2n) is 6.92. The van der Waals surface area contributed by atoms with Crippen LogP contribution in [-0.2, 0) is 4.74 Å². The van der Waals surface area contributed by atoms with E-state index in [1.807, 2.05) is 34.9 Å². The average molecular weight is 351 g/mol. The first-order valence-electron chi connectivity index (χ1n) is 8.62. The van der Waals surface area contributed by atoms with Crippen molar-refractivity contribution in [3.63, 3.8) is 0 Å². The Morgan fingerprint density at radius 1 is 1.16 bits per heavy atom. The summed E-state index contributed by atoms with van der Waals surface area (Å²) in [6, 6.07) is -0.00201. The zero-order chi connectivity index (χ0) is 18.6. The lowest BCUT2D eigenvalue weighted by Gasteiger charge is -2.37. The van der Waals surface area contributed by atoms with Crippen molar-refractivity contribution in [3.05, 3.63) is 5.82 Å². The molecule has 9 heteroatoms. The molecule has 25 heavy (non-hydrogen) atoms.